The fraction of sp³-hybridized carbons (Fsp3) is 0.400. The van der Waals surface area contributed by atoms with Crippen LogP contribution in [0.15, 0.2) is 30.3 Å². The third kappa shape index (κ3) is 2.19. The van der Waals surface area contributed by atoms with Crippen molar-refractivity contribution in [2.24, 2.45) is 0 Å². The minimum absolute atomic E-state index is 0.256. The maximum absolute atomic E-state index is 11.9. The van der Waals surface area contributed by atoms with Crippen LogP contribution in [0.4, 0.5) is 0 Å². The molecule has 5 heteroatoms. The molecule has 1 aliphatic rings. The number of rotatable bonds is 4. The number of ether oxygens (including phenoxy) is 1. The van der Waals surface area contributed by atoms with Crippen molar-refractivity contribution >= 4 is 5.97 Å². The maximum Gasteiger partial charge on any atom is 0.376 e. The van der Waals surface area contributed by atoms with Gasteiger partial charge < -0.3 is 9.30 Å². The summed E-state index contributed by atoms with van der Waals surface area (Å²) in [6.45, 7) is 4.00. The Bertz CT molecular complexity index is 621. The van der Waals surface area contributed by atoms with Gasteiger partial charge in [-0.15, -0.1) is 10.2 Å². The van der Waals surface area contributed by atoms with E-state index in [1.165, 1.54) is 5.56 Å². The molecule has 2 atom stereocenters. The van der Waals surface area contributed by atoms with Crippen LogP contribution in [0.3, 0.4) is 0 Å². The van der Waals surface area contributed by atoms with Crippen molar-refractivity contribution in [3.05, 3.63) is 47.5 Å². The van der Waals surface area contributed by atoms with Crippen LogP contribution in [0, 0.1) is 6.92 Å². The molecule has 0 aliphatic heterocycles. The third-order valence-corrected chi connectivity index (χ3v) is 3.64. The highest BCUT2D eigenvalue weighted by Crippen LogP contribution is 2.52. The summed E-state index contributed by atoms with van der Waals surface area (Å²) in [4.78, 5) is 11.9. The standard InChI is InChI=1S/C15H17N3O2/c1-3-20-15(19)14-17-16-10(2)18(14)13-9-12(13)11-7-5-4-6-8-11/h4-8,12-13H,3,9H2,1-2H3. The van der Waals surface area contributed by atoms with Crippen LogP contribution in [0.1, 0.15) is 47.3 Å². The van der Waals surface area contributed by atoms with Gasteiger partial charge in [-0.25, -0.2) is 4.79 Å². The summed E-state index contributed by atoms with van der Waals surface area (Å²) >= 11 is 0. The van der Waals surface area contributed by atoms with Gasteiger partial charge in [0.2, 0.25) is 5.82 Å². The first-order valence-corrected chi connectivity index (χ1v) is 6.86. The average molecular weight is 271 g/mol. The number of nitrogens with zero attached hydrogens (tertiary/aromatic N) is 3. The molecule has 1 aliphatic carbocycles. The van der Waals surface area contributed by atoms with E-state index in [-0.39, 0.29) is 6.04 Å². The first kappa shape index (κ1) is 12.8. The molecule has 0 amide bonds. The van der Waals surface area contributed by atoms with E-state index < -0.39 is 5.97 Å². The quantitative estimate of drug-likeness (QED) is 0.802. The summed E-state index contributed by atoms with van der Waals surface area (Å²) in [6.07, 6.45) is 1.01. The number of benzene rings is 1. The third-order valence-electron chi connectivity index (χ3n) is 3.64. The molecule has 104 valence electrons. The number of hydrogen-bond acceptors (Lipinski definition) is 4. The Labute approximate surface area is 117 Å². The van der Waals surface area contributed by atoms with Crippen LogP contribution < -0.4 is 0 Å². The van der Waals surface area contributed by atoms with Gasteiger partial charge in [0.15, 0.2) is 0 Å². The number of esters is 1. The van der Waals surface area contributed by atoms with Gasteiger partial charge in [0, 0.05) is 12.0 Å². The molecular formula is C15H17N3O2. The molecule has 2 unspecified atom stereocenters. The number of aromatic nitrogens is 3. The Morgan fingerprint density at radius 1 is 1.35 bits per heavy atom. The lowest BCUT2D eigenvalue weighted by Gasteiger charge is -2.07. The molecule has 5 nitrogen and oxygen atoms in total. The van der Waals surface area contributed by atoms with Gasteiger partial charge in [-0.05, 0) is 25.8 Å². The summed E-state index contributed by atoms with van der Waals surface area (Å²) in [7, 11) is 0. The Morgan fingerprint density at radius 3 is 2.80 bits per heavy atom. The first-order chi connectivity index (χ1) is 9.72. The predicted octanol–water partition coefficient (Wildman–Crippen LogP) is 2.49. The molecule has 0 radical (unpaired) electrons. The second kappa shape index (κ2) is 5.07. The minimum atomic E-state index is -0.396. The highest BCUT2D eigenvalue weighted by Gasteiger charge is 2.43. The van der Waals surface area contributed by atoms with Crippen LogP contribution in [-0.2, 0) is 4.74 Å². The number of hydrogen-bond donors (Lipinski definition) is 0. The van der Waals surface area contributed by atoms with Crippen LogP contribution in [-0.4, -0.2) is 27.3 Å². The van der Waals surface area contributed by atoms with Gasteiger partial charge in [0.1, 0.15) is 5.82 Å². The van der Waals surface area contributed by atoms with Gasteiger partial charge in [-0.1, -0.05) is 30.3 Å². The van der Waals surface area contributed by atoms with Crippen molar-refractivity contribution in [2.75, 3.05) is 6.61 Å². The largest absolute Gasteiger partial charge is 0.460 e. The summed E-state index contributed by atoms with van der Waals surface area (Å²) in [5, 5.41) is 7.98. The fourth-order valence-electron chi connectivity index (χ4n) is 2.63. The number of carbonyl (C=O) groups is 1. The van der Waals surface area contributed by atoms with E-state index in [4.69, 9.17) is 4.74 Å². The molecule has 1 aromatic heterocycles. The van der Waals surface area contributed by atoms with Crippen molar-refractivity contribution in [3.8, 4) is 0 Å². The van der Waals surface area contributed by atoms with E-state index in [0.29, 0.717) is 18.3 Å². The topological polar surface area (TPSA) is 57.0 Å². The van der Waals surface area contributed by atoms with Crippen molar-refractivity contribution < 1.29 is 9.53 Å². The van der Waals surface area contributed by atoms with Crippen molar-refractivity contribution in [3.63, 3.8) is 0 Å². The van der Waals surface area contributed by atoms with E-state index in [9.17, 15) is 4.79 Å². The molecular weight excluding hydrogens is 254 g/mol. The molecule has 0 N–H and O–H groups in total. The van der Waals surface area contributed by atoms with Gasteiger partial charge in [-0.3, -0.25) is 0 Å². The molecule has 1 heterocycles. The molecule has 2 aromatic rings. The Balaban J connectivity index is 1.86. The Kier molecular flexibility index (Phi) is 3.26. The summed E-state index contributed by atoms with van der Waals surface area (Å²) < 4.78 is 6.95. The van der Waals surface area contributed by atoms with Crippen LogP contribution in [0.5, 0.6) is 0 Å². The summed E-state index contributed by atoms with van der Waals surface area (Å²) in [5.41, 5.74) is 1.29. The molecule has 0 spiro atoms. The van der Waals surface area contributed by atoms with Crippen LogP contribution >= 0.6 is 0 Å². The number of aryl methyl sites for hydroxylation is 1. The lowest BCUT2D eigenvalue weighted by atomic mass is 10.1. The zero-order valence-corrected chi connectivity index (χ0v) is 11.6. The number of carbonyl (C=O) groups excluding carboxylic acids is 1. The highest BCUT2D eigenvalue weighted by atomic mass is 16.5. The first-order valence-electron chi connectivity index (χ1n) is 6.86. The van der Waals surface area contributed by atoms with Gasteiger partial charge >= 0.3 is 5.97 Å². The normalized spacial score (nSPS) is 20.7. The highest BCUT2D eigenvalue weighted by molar-refractivity contribution is 5.85. The van der Waals surface area contributed by atoms with E-state index in [0.717, 1.165) is 12.2 Å². The molecule has 20 heavy (non-hydrogen) atoms. The minimum Gasteiger partial charge on any atom is -0.460 e. The second-order valence-corrected chi connectivity index (χ2v) is 4.98. The van der Waals surface area contributed by atoms with Crippen LogP contribution in [0.25, 0.3) is 0 Å². The lowest BCUT2D eigenvalue weighted by molar-refractivity contribution is 0.0505. The van der Waals surface area contributed by atoms with Crippen molar-refractivity contribution in [1.29, 1.82) is 0 Å². The predicted molar refractivity (Wildman–Crippen MR) is 73.6 cm³/mol. The van der Waals surface area contributed by atoms with Gasteiger partial charge in [0.05, 0.1) is 6.61 Å². The van der Waals surface area contributed by atoms with E-state index >= 15 is 0 Å². The average Bonchev–Trinajstić information content (AvgIpc) is 3.16. The zero-order valence-electron chi connectivity index (χ0n) is 11.6. The summed E-state index contributed by atoms with van der Waals surface area (Å²) in [5.74, 6) is 1.11. The van der Waals surface area contributed by atoms with Gasteiger partial charge in [-0.2, -0.15) is 0 Å². The van der Waals surface area contributed by atoms with Gasteiger partial charge in [0.25, 0.3) is 0 Å². The second-order valence-electron chi connectivity index (χ2n) is 4.98. The molecule has 3 rings (SSSR count). The summed E-state index contributed by atoms with van der Waals surface area (Å²) in [6, 6.07) is 10.6. The van der Waals surface area contributed by atoms with Crippen molar-refractivity contribution in [1.82, 2.24) is 14.8 Å². The zero-order chi connectivity index (χ0) is 14.1. The molecule has 1 saturated carbocycles. The Hall–Kier alpha value is -2.17. The van der Waals surface area contributed by atoms with Crippen molar-refractivity contribution in [2.45, 2.75) is 32.2 Å². The molecule has 0 saturated heterocycles. The maximum atomic E-state index is 11.9. The monoisotopic (exact) mass is 271 g/mol. The molecule has 0 bridgehead atoms. The molecule has 1 aromatic carbocycles. The Morgan fingerprint density at radius 2 is 2.10 bits per heavy atom. The lowest BCUT2D eigenvalue weighted by Crippen LogP contribution is -2.14. The van der Waals surface area contributed by atoms with Crippen LogP contribution in [0.2, 0.25) is 0 Å². The SMILES string of the molecule is CCOC(=O)c1nnc(C)n1C1CC1c1ccccc1. The van der Waals surface area contributed by atoms with E-state index in [1.54, 1.807) is 6.92 Å². The van der Waals surface area contributed by atoms with E-state index in [1.807, 2.05) is 29.7 Å². The fourth-order valence-corrected chi connectivity index (χ4v) is 2.63. The van der Waals surface area contributed by atoms with E-state index in [2.05, 4.69) is 22.3 Å². The molecule has 1 fully saturated rings. The smallest absolute Gasteiger partial charge is 0.376 e.